The summed E-state index contributed by atoms with van der Waals surface area (Å²) >= 11 is 7.88. The normalized spacial score (nSPS) is 13.3. The van der Waals surface area contributed by atoms with E-state index >= 15 is 0 Å². The van der Waals surface area contributed by atoms with Gasteiger partial charge >= 0.3 is 0 Å². The third-order valence-electron chi connectivity index (χ3n) is 3.44. The molecule has 3 heteroatoms. The van der Waals surface area contributed by atoms with Gasteiger partial charge in [-0.3, -0.25) is 0 Å². The minimum Gasteiger partial charge on any atom is -0.312 e. The minimum absolute atomic E-state index is 0.154. The fourth-order valence-corrected chi connectivity index (χ4v) is 3.30. The third-order valence-corrected chi connectivity index (χ3v) is 4.41. The van der Waals surface area contributed by atoms with E-state index in [-0.39, 0.29) is 5.54 Å². The number of thiophene rings is 1. The summed E-state index contributed by atoms with van der Waals surface area (Å²) in [4.78, 5) is 0. The van der Waals surface area contributed by atoms with Gasteiger partial charge in [0, 0.05) is 10.6 Å². The largest absolute Gasteiger partial charge is 0.312 e. The zero-order chi connectivity index (χ0) is 15.3. The smallest absolute Gasteiger partial charge is 0.0408 e. The van der Waals surface area contributed by atoms with Crippen LogP contribution in [0.2, 0.25) is 5.02 Å². The molecule has 0 fully saturated rings. The van der Waals surface area contributed by atoms with Crippen molar-refractivity contribution in [2.24, 2.45) is 5.92 Å². The van der Waals surface area contributed by atoms with Gasteiger partial charge in [0.25, 0.3) is 0 Å². The first-order valence-electron chi connectivity index (χ1n) is 7.43. The Labute approximate surface area is 137 Å². The molecule has 0 aliphatic carbocycles. The monoisotopic (exact) mass is 321 g/mol. The summed E-state index contributed by atoms with van der Waals surface area (Å²) in [5.41, 5.74) is 2.91. The quantitative estimate of drug-likeness (QED) is 0.772. The van der Waals surface area contributed by atoms with Crippen molar-refractivity contribution in [3.63, 3.8) is 0 Å². The molecule has 0 aliphatic rings. The molecule has 0 saturated carbocycles. The van der Waals surface area contributed by atoms with Crippen LogP contribution in [0.15, 0.2) is 41.1 Å². The number of hydrogen-bond donors (Lipinski definition) is 1. The van der Waals surface area contributed by atoms with Gasteiger partial charge in [-0.1, -0.05) is 23.7 Å². The van der Waals surface area contributed by atoms with Crippen LogP contribution < -0.4 is 5.32 Å². The minimum atomic E-state index is 0.154. The molecule has 1 aromatic carbocycles. The van der Waals surface area contributed by atoms with E-state index < -0.39 is 0 Å². The summed E-state index contributed by atoms with van der Waals surface area (Å²) in [7, 11) is 0. The van der Waals surface area contributed by atoms with Crippen LogP contribution in [-0.4, -0.2) is 12.1 Å². The van der Waals surface area contributed by atoms with Gasteiger partial charge < -0.3 is 5.32 Å². The molecule has 0 saturated heterocycles. The average Bonchev–Trinajstić information content (AvgIpc) is 2.88. The van der Waals surface area contributed by atoms with Gasteiger partial charge in [-0.25, -0.2) is 0 Å². The van der Waals surface area contributed by atoms with Crippen LogP contribution in [0.25, 0.3) is 0 Å². The van der Waals surface area contributed by atoms with Gasteiger partial charge in [-0.05, 0) is 86.2 Å². The molecule has 0 aliphatic heterocycles. The lowest BCUT2D eigenvalue weighted by Crippen LogP contribution is -2.40. The molecular weight excluding hydrogens is 298 g/mol. The van der Waals surface area contributed by atoms with Gasteiger partial charge in [0.05, 0.1) is 0 Å². The van der Waals surface area contributed by atoms with E-state index in [1.54, 1.807) is 11.3 Å². The van der Waals surface area contributed by atoms with Gasteiger partial charge in [0.1, 0.15) is 0 Å². The van der Waals surface area contributed by atoms with E-state index in [9.17, 15) is 0 Å². The van der Waals surface area contributed by atoms with Crippen LogP contribution >= 0.6 is 22.9 Å². The molecule has 1 atom stereocenters. The Hall–Kier alpha value is -0.830. The molecule has 1 aromatic heterocycles. The second-order valence-electron chi connectivity index (χ2n) is 6.67. The first-order chi connectivity index (χ1) is 9.92. The maximum atomic E-state index is 6.11. The molecular formula is C18H24ClNS. The molecule has 21 heavy (non-hydrogen) atoms. The van der Waals surface area contributed by atoms with Gasteiger partial charge in [-0.2, -0.15) is 11.3 Å². The predicted molar refractivity (Wildman–Crippen MR) is 94.4 cm³/mol. The Morgan fingerprint density at radius 2 is 1.90 bits per heavy atom. The van der Waals surface area contributed by atoms with E-state index in [4.69, 9.17) is 11.6 Å². The van der Waals surface area contributed by atoms with Gasteiger partial charge in [0.15, 0.2) is 0 Å². The summed E-state index contributed by atoms with van der Waals surface area (Å²) in [6, 6.07) is 10.5. The van der Waals surface area contributed by atoms with E-state index in [1.807, 2.05) is 12.1 Å². The highest BCUT2D eigenvalue weighted by Crippen LogP contribution is 2.19. The van der Waals surface area contributed by atoms with Crippen molar-refractivity contribution in [2.45, 2.75) is 39.2 Å². The SMILES string of the molecule is CC(C)(C)NCC(Cc1ccsc1)Cc1cccc(Cl)c1. The van der Waals surface area contributed by atoms with Crippen molar-refractivity contribution in [3.8, 4) is 0 Å². The lowest BCUT2D eigenvalue weighted by Gasteiger charge is -2.25. The first kappa shape index (κ1) is 16.5. The van der Waals surface area contributed by atoms with Gasteiger partial charge in [0.2, 0.25) is 0 Å². The Balaban J connectivity index is 2.03. The fourth-order valence-electron chi connectivity index (χ4n) is 2.41. The van der Waals surface area contributed by atoms with Crippen LogP contribution in [0.5, 0.6) is 0 Å². The molecule has 114 valence electrons. The van der Waals surface area contributed by atoms with Crippen LogP contribution in [0.1, 0.15) is 31.9 Å². The Morgan fingerprint density at radius 1 is 1.14 bits per heavy atom. The van der Waals surface area contributed by atoms with E-state index in [2.05, 4.69) is 55.0 Å². The molecule has 0 bridgehead atoms. The number of benzene rings is 1. The number of halogens is 1. The molecule has 1 heterocycles. The Morgan fingerprint density at radius 3 is 2.52 bits per heavy atom. The van der Waals surface area contributed by atoms with Crippen LogP contribution in [0, 0.1) is 5.92 Å². The lowest BCUT2D eigenvalue weighted by molar-refractivity contribution is 0.367. The van der Waals surface area contributed by atoms with Crippen molar-refractivity contribution < 1.29 is 0 Å². The van der Waals surface area contributed by atoms with Gasteiger partial charge in [-0.15, -0.1) is 0 Å². The molecule has 1 unspecified atom stereocenters. The molecule has 0 spiro atoms. The lowest BCUT2D eigenvalue weighted by atomic mass is 9.92. The summed E-state index contributed by atoms with van der Waals surface area (Å²) in [6.45, 7) is 7.67. The van der Waals surface area contributed by atoms with Crippen molar-refractivity contribution in [3.05, 3.63) is 57.2 Å². The number of nitrogens with one attached hydrogen (secondary N) is 1. The average molecular weight is 322 g/mol. The van der Waals surface area contributed by atoms with Crippen molar-refractivity contribution in [1.29, 1.82) is 0 Å². The maximum Gasteiger partial charge on any atom is 0.0408 e. The highest BCUT2D eigenvalue weighted by molar-refractivity contribution is 7.07. The van der Waals surface area contributed by atoms with Crippen LogP contribution in [-0.2, 0) is 12.8 Å². The number of hydrogen-bond acceptors (Lipinski definition) is 2. The number of rotatable bonds is 6. The highest BCUT2D eigenvalue weighted by Gasteiger charge is 2.16. The van der Waals surface area contributed by atoms with E-state index in [0.29, 0.717) is 5.92 Å². The molecule has 0 amide bonds. The highest BCUT2D eigenvalue weighted by atomic mass is 35.5. The summed E-state index contributed by atoms with van der Waals surface area (Å²) < 4.78 is 0. The predicted octanol–water partition coefficient (Wildman–Crippen LogP) is 5.19. The van der Waals surface area contributed by atoms with Crippen molar-refractivity contribution >= 4 is 22.9 Å². The zero-order valence-corrected chi connectivity index (χ0v) is 14.6. The standard InChI is InChI=1S/C18H24ClNS/c1-18(2,3)20-12-16(10-15-7-8-21-13-15)9-14-5-4-6-17(19)11-14/h4-8,11,13,16,20H,9-10,12H2,1-3H3. The summed E-state index contributed by atoms with van der Waals surface area (Å²) in [5.74, 6) is 0.581. The second-order valence-corrected chi connectivity index (χ2v) is 7.88. The topological polar surface area (TPSA) is 12.0 Å². The van der Waals surface area contributed by atoms with Crippen molar-refractivity contribution in [1.82, 2.24) is 5.32 Å². The van der Waals surface area contributed by atoms with Crippen LogP contribution in [0.3, 0.4) is 0 Å². The fraction of sp³-hybridized carbons (Fsp3) is 0.444. The molecule has 2 rings (SSSR count). The summed E-state index contributed by atoms with van der Waals surface area (Å²) in [6.07, 6.45) is 2.17. The molecule has 1 N–H and O–H groups in total. The second kappa shape index (κ2) is 7.44. The van der Waals surface area contributed by atoms with Crippen LogP contribution in [0.4, 0.5) is 0 Å². The van der Waals surface area contributed by atoms with E-state index in [0.717, 1.165) is 24.4 Å². The Bertz CT molecular complexity index is 543. The third kappa shape index (κ3) is 6.21. The molecule has 0 radical (unpaired) electrons. The molecule has 1 nitrogen and oxygen atoms in total. The zero-order valence-electron chi connectivity index (χ0n) is 13.0. The van der Waals surface area contributed by atoms with Crippen molar-refractivity contribution in [2.75, 3.05) is 6.54 Å². The summed E-state index contributed by atoms with van der Waals surface area (Å²) in [5, 5.41) is 8.87. The van der Waals surface area contributed by atoms with E-state index in [1.165, 1.54) is 11.1 Å². The Kier molecular flexibility index (Phi) is 5.86. The molecule has 2 aromatic rings. The maximum absolute atomic E-state index is 6.11. The first-order valence-corrected chi connectivity index (χ1v) is 8.75.